The van der Waals surface area contributed by atoms with Crippen molar-refractivity contribution in [2.75, 3.05) is 6.54 Å². The molecule has 2 atom stereocenters. The van der Waals surface area contributed by atoms with E-state index in [4.69, 9.17) is 22.3 Å². The molecule has 0 fully saturated rings. The molecule has 0 saturated carbocycles. The summed E-state index contributed by atoms with van der Waals surface area (Å²) >= 11 is 0. The van der Waals surface area contributed by atoms with E-state index in [2.05, 4.69) is 10.3 Å². The number of carbonyl (C=O) groups excluding carboxylic acids is 2. The Morgan fingerprint density at radius 3 is 2.29 bits per heavy atom. The first-order valence-electron chi connectivity index (χ1n) is 5.78. The number of hydrogen-bond donors (Lipinski definition) is 5. The van der Waals surface area contributed by atoms with E-state index < -0.39 is 36.4 Å². The van der Waals surface area contributed by atoms with Gasteiger partial charge in [0.05, 0.1) is 24.5 Å². The third-order valence-corrected chi connectivity index (χ3v) is 2.28. The summed E-state index contributed by atoms with van der Waals surface area (Å²) in [6.45, 7) is 0.198. The van der Waals surface area contributed by atoms with Gasteiger partial charge in [0.15, 0.2) is 5.96 Å². The van der Waals surface area contributed by atoms with Crippen LogP contribution in [0.25, 0.3) is 0 Å². The van der Waals surface area contributed by atoms with Crippen LogP contribution in [0, 0.1) is 0 Å². The maximum atomic E-state index is 11.5. The van der Waals surface area contributed by atoms with E-state index in [0.29, 0.717) is 6.42 Å². The van der Waals surface area contributed by atoms with Crippen LogP contribution < -0.4 is 57.2 Å². The number of nitrogens with zero attached hydrogens (tertiary/aromatic N) is 1. The molecule has 11 heteroatoms. The summed E-state index contributed by atoms with van der Waals surface area (Å²) in [6, 6.07) is -2.61. The van der Waals surface area contributed by atoms with Crippen LogP contribution in [0.5, 0.6) is 0 Å². The summed E-state index contributed by atoms with van der Waals surface area (Å²) in [5.41, 5.74) is 15.5. The van der Waals surface area contributed by atoms with E-state index in [1.807, 2.05) is 0 Å². The largest absolute Gasteiger partial charge is 1.00 e. The van der Waals surface area contributed by atoms with Gasteiger partial charge in [-0.25, -0.2) is 0 Å². The predicted octanol–water partition coefficient (Wildman–Crippen LogP) is -6.92. The molecule has 0 bridgehead atoms. The number of guanidine groups is 1. The minimum Gasteiger partial charge on any atom is -0.548 e. The molecule has 0 unspecified atom stereocenters. The Hall–Kier alpha value is -1.36. The first-order chi connectivity index (χ1) is 9.23. The molecule has 0 heterocycles. The average Bonchev–Trinajstić information content (AvgIpc) is 2.31. The van der Waals surface area contributed by atoms with Crippen molar-refractivity contribution in [2.45, 2.75) is 31.3 Å². The van der Waals surface area contributed by atoms with Gasteiger partial charge in [-0.15, -0.1) is 0 Å². The molecule has 0 aliphatic rings. The fourth-order valence-electron chi connectivity index (χ4n) is 1.31. The SMILES string of the molecule is NC(N)=NCCC[C@H](NC(=O)[C@@H](N)CC(=O)O)C(=O)[O-].[Na+]. The Balaban J connectivity index is 0. The molecule has 0 aromatic heterocycles. The van der Waals surface area contributed by atoms with Crippen molar-refractivity contribution in [3.63, 3.8) is 0 Å². The van der Waals surface area contributed by atoms with Crippen LogP contribution in [0.3, 0.4) is 0 Å². The monoisotopic (exact) mass is 311 g/mol. The van der Waals surface area contributed by atoms with Crippen LogP contribution in [-0.4, -0.2) is 47.5 Å². The molecule has 10 nitrogen and oxygen atoms in total. The molecule has 114 valence electrons. The van der Waals surface area contributed by atoms with Gasteiger partial charge in [-0.05, 0) is 12.8 Å². The standard InChI is InChI=1S/C10H19N5O5.Na/c11-5(4-7(16)17)8(18)15-6(9(19)20)2-1-3-14-10(12)13;/h5-6H,1-4,11H2,(H,15,18)(H,16,17)(H,19,20)(H4,12,13,14);/q;+1/p-1/t5-,6-;/m0./s1. The number of nitrogens with one attached hydrogen (secondary N) is 1. The third kappa shape index (κ3) is 11.0. The zero-order chi connectivity index (χ0) is 15.7. The van der Waals surface area contributed by atoms with Crippen molar-refractivity contribution in [2.24, 2.45) is 22.2 Å². The Kier molecular flexibility index (Phi) is 11.8. The number of carboxylic acids is 2. The molecule has 0 aromatic rings. The summed E-state index contributed by atoms with van der Waals surface area (Å²) in [7, 11) is 0. The fraction of sp³-hybridized carbons (Fsp3) is 0.600. The van der Waals surface area contributed by atoms with Crippen LogP contribution in [-0.2, 0) is 14.4 Å². The Labute approximate surface area is 143 Å². The van der Waals surface area contributed by atoms with E-state index in [9.17, 15) is 19.5 Å². The second-order valence-corrected chi connectivity index (χ2v) is 4.03. The average molecular weight is 311 g/mol. The van der Waals surface area contributed by atoms with E-state index in [1.54, 1.807) is 0 Å². The number of hydrogen-bond acceptors (Lipinski definition) is 6. The molecular formula is C10H18N5NaO5. The van der Waals surface area contributed by atoms with Crippen molar-refractivity contribution < 1.29 is 54.2 Å². The summed E-state index contributed by atoms with van der Waals surface area (Å²) in [6.07, 6.45) is -0.269. The van der Waals surface area contributed by atoms with Gasteiger partial charge in [-0.2, -0.15) is 0 Å². The van der Waals surface area contributed by atoms with Gasteiger partial charge in [-0.3, -0.25) is 14.6 Å². The topological polar surface area (TPSA) is 197 Å². The van der Waals surface area contributed by atoms with Crippen LogP contribution in [0.1, 0.15) is 19.3 Å². The second kappa shape index (κ2) is 11.3. The van der Waals surface area contributed by atoms with Gasteiger partial charge in [-0.1, -0.05) is 0 Å². The number of nitrogens with two attached hydrogens (primary N) is 3. The summed E-state index contributed by atoms with van der Waals surface area (Å²) in [5.74, 6) is -3.75. The molecule has 0 rings (SSSR count). The summed E-state index contributed by atoms with van der Waals surface area (Å²) in [4.78, 5) is 36.4. The maximum Gasteiger partial charge on any atom is 1.00 e. The van der Waals surface area contributed by atoms with Crippen LogP contribution in [0.4, 0.5) is 0 Å². The molecule has 0 spiro atoms. The molecule has 0 saturated heterocycles. The molecule has 8 N–H and O–H groups in total. The number of carboxylic acid groups (broad SMARTS) is 2. The van der Waals surface area contributed by atoms with Gasteiger partial charge in [0.1, 0.15) is 0 Å². The van der Waals surface area contributed by atoms with Crippen molar-refractivity contribution in [3.8, 4) is 0 Å². The Morgan fingerprint density at radius 2 is 1.86 bits per heavy atom. The molecule has 0 aliphatic carbocycles. The summed E-state index contributed by atoms with van der Waals surface area (Å²) in [5, 5.41) is 21.4. The zero-order valence-corrected chi connectivity index (χ0v) is 13.7. The number of aliphatic imine (C=N–C) groups is 1. The zero-order valence-electron chi connectivity index (χ0n) is 11.7. The second-order valence-electron chi connectivity index (χ2n) is 4.03. The van der Waals surface area contributed by atoms with Gasteiger partial charge in [0.25, 0.3) is 0 Å². The van der Waals surface area contributed by atoms with Crippen molar-refractivity contribution in [1.82, 2.24) is 5.32 Å². The van der Waals surface area contributed by atoms with Crippen LogP contribution in [0.15, 0.2) is 4.99 Å². The van der Waals surface area contributed by atoms with Crippen LogP contribution >= 0.6 is 0 Å². The van der Waals surface area contributed by atoms with Gasteiger partial charge < -0.3 is 37.5 Å². The predicted molar refractivity (Wildman–Crippen MR) is 67.1 cm³/mol. The minimum absolute atomic E-state index is 0. The third-order valence-electron chi connectivity index (χ3n) is 2.28. The van der Waals surface area contributed by atoms with Gasteiger partial charge in [0.2, 0.25) is 5.91 Å². The quantitative estimate of drug-likeness (QED) is 0.120. The molecule has 0 aliphatic heterocycles. The molecule has 1 amide bonds. The van der Waals surface area contributed by atoms with Crippen molar-refractivity contribution in [1.29, 1.82) is 0 Å². The number of aliphatic carboxylic acids is 2. The molecule has 0 radical (unpaired) electrons. The van der Waals surface area contributed by atoms with E-state index in [1.165, 1.54) is 0 Å². The number of rotatable bonds is 9. The van der Waals surface area contributed by atoms with Crippen molar-refractivity contribution in [3.05, 3.63) is 0 Å². The maximum absolute atomic E-state index is 11.5. The first kappa shape index (κ1) is 21.9. The van der Waals surface area contributed by atoms with E-state index in [-0.39, 0.29) is 48.5 Å². The Morgan fingerprint density at radius 1 is 1.29 bits per heavy atom. The summed E-state index contributed by atoms with van der Waals surface area (Å²) < 4.78 is 0. The van der Waals surface area contributed by atoms with E-state index >= 15 is 0 Å². The normalized spacial score (nSPS) is 12.4. The van der Waals surface area contributed by atoms with Gasteiger partial charge >= 0.3 is 35.5 Å². The number of amides is 1. The van der Waals surface area contributed by atoms with E-state index in [0.717, 1.165) is 0 Å². The molecular weight excluding hydrogens is 293 g/mol. The fourth-order valence-corrected chi connectivity index (χ4v) is 1.31. The molecule has 0 aromatic carbocycles. The smallest absolute Gasteiger partial charge is 0.548 e. The van der Waals surface area contributed by atoms with Crippen molar-refractivity contribution >= 4 is 23.8 Å². The Bertz CT molecular complexity index is 399. The van der Waals surface area contributed by atoms with Crippen LogP contribution in [0.2, 0.25) is 0 Å². The number of carbonyl (C=O) groups is 3. The first-order valence-corrected chi connectivity index (χ1v) is 5.78. The molecule has 21 heavy (non-hydrogen) atoms. The van der Waals surface area contributed by atoms with Gasteiger partial charge in [0, 0.05) is 6.54 Å². The minimum atomic E-state index is -1.49.